The number of amides is 1. The number of nitrogens with one attached hydrogen (secondary N) is 2. The highest BCUT2D eigenvalue weighted by Crippen LogP contribution is 2.31. The highest BCUT2D eigenvalue weighted by Gasteiger charge is 2.31. The van der Waals surface area contributed by atoms with Crippen LogP contribution in [0.25, 0.3) is 10.8 Å². The number of fused-ring (bicyclic) bond motifs is 2. The Morgan fingerprint density at radius 3 is 2.56 bits per heavy atom. The molecule has 0 bridgehead atoms. The summed E-state index contributed by atoms with van der Waals surface area (Å²) in [6.07, 6.45) is -0.958. The summed E-state index contributed by atoms with van der Waals surface area (Å²) in [4.78, 5) is 19.8. The molecule has 0 fully saturated rings. The van der Waals surface area contributed by atoms with Crippen molar-refractivity contribution in [2.24, 2.45) is 4.99 Å². The van der Waals surface area contributed by atoms with Gasteiger partial charge in [-0.2, -0.15) is 0 Å². The SMILES string of the molecule is CN1C(=O)C(NC(=S)NCc2cccc3ccccc23)N=C(c2ccccc2Cl)c2cc(Cl)ccc21. The molecule has 0 spiro atoms. The average molecular weight is 533 g/mol. The summed E-state index contributed by atoms with van der Waals surface area (Å²) in [7, 11) is 1.71. The van der Waals surface area contributed by atoms with Crippen molar-refractivity contribution in [2.75, 3.05) is 11.9 Å². The zero-order valence-electron chi connectivity index (χ0n) is 19.3. The number of hydrogen-bond donors (Lipinski definition) is 2. The molecule has 1 atom stereocenters. The Kier molecular flexibility index (Phi) is 6.92. The molecule has 4 aromatic rings. The molecular weight excluding hydrogens is 511 g/mol. The highest BCUT2D eigenvalue weighted by atomic mass is 35.5. The standard InChI is InChI=1S/C28H22Cl2N4OS/c1-34-24-14-13-19(29)15-22(24)25(21-11-4-5-12-23(21)30)32-26(27(34)35)33-28(36)31-16-18-9-6-8-17-7-2-3-10-20(17)18/h2-15,26H,16H2,1H3,(H2,31,33,36). The normalized spacial score (nSPS) is 15.2. The van der Waals surface area contributed by atoms with E-state index in [2.05, 4.69) is 34.9 Å². The van der Waals surface area contributed by atoms with Crippen LogP contribution in [-0.4, -0.2) is 29.9 Å². The third-order valence-electron chi connectivity index (χ3n) is 6.11. The van der Waals surface area contributed by atoms with Gasteiger partial charge in [0.25, 0.3) is 5.91 Å². The van der Waals surface area contributed by atoms with E-state index >= 15 is 0 Å². The number of hydrogen-bond acceptors (Lipinski definition) is 3. The number of carbonyl (C=O) groups is 1. The van der Waals surface area contributed by atoms with E-state index in [0.29, 0.717) is 44.2 Å². The summed E-state index contributed by atoms with van der Waals surface area (Å²) >= 11 is 18.4. The fourth-order valence-electron chi connectivity index (χ4n) is 4.31. The fourth-order valence-corrected chi connectivity index (χ4v) is 4.89. The van der Waals surface area contributed by atoms with Crippen molar-refractivity contribution in [1.29, 1.82) is 0 Å². The van der Waals surface area contributed by atoms with Crippen LogP contribution in [0.1, 0.15) is 16.7 Å². The molecule has 1 heterocycles. The second-order valence-electron chi connectivity index (χ2n) is 8.38. The molecule has 1 aliphatic rings. The third-order valence-corrected chi connectivity index (χ3v) is 6.94. The summed E-state index contributed by atoms with van der Waals surface area (Å²) in [5.74, 6) is -0.255. The van der Waals surface area contributed by atoms with E-state index < -0.39 is 6.17 Å². The summed E-state index contributed by atoms with van der Waals surface area (Å²) < 4.78 is 0. The Balaban J connectivity index is 1.45. The van der Waals surface area contributed by atoms with Gasteiger partial charge in [-0.15, -0.1) is 0 Å². The number of anilines is 1. The first-order valence-electron chi connectivity index (χ1n) is 11.3. The summed E-state index contributed by atoms with van der Waals surface area (Å²) in [6, 6.07) is 27.1. The van der Waals surface area contributed by atoms with Crippen molar-refractivity contribution < 1.29 is 4.79 Å². The lowest BCUT2D eigenvalue weighted by atomic mass is 10.00. The van der Waals surface area contributed by atoms with E-state index in [0.717, 1.165) is 16.3 Å². The molecule has 4 aromatic carbocycles. The Labute approximate surface area is 224 Å². The van der Waals surface area contributed by atoms with Gasteiger partial charge in [0.1, 0.15) is 0 Å². The van der Waals surface area contributed by atoms with Gasteiger partial charge in [-0.05, 0) is 52.8 Å². The zero-order chi connectivity index (χ0) is 25.2. The van der Waals surface area contributed by atoms with Gasteiger partial charge in [0.15, 0.2) is 5.11 Å². The lowest BCUT2D eigenvalue weighted by molar-refractivity contribution is -0.119. The monoisotopic (exact) mass is 532 g/mol. The van der Waals surface area contributed by atoms with Gasteiger partial charge in [0, 0.05) is 34.8 Å². The topological polar surface area (TPSA) is 56.7 Å². The van der Waals surface area contributed by atoms with Crippen LogP contribution in [-0.2, 0) is 11.3 Å². The Morgan fingerprint density at radius 1 is 0.972 bits per heavy atom. The van der Waals surface area contributed by atoms with Crippen LogP contribution in [0.3, 0.4) is 0 Å². The van der Waals surface area contributed by atoms with Gasteiger partial charge in [-0.25, -0.2) is 4.99 Å². The van der Waals surface area contributed by atoms with Crippen LogP contribution < -0.4 is 15.5 Å². The van der Waals surface area contributed by atoms with E-state index in [1.54, 1.807) is 36.2 Å². The second kappa shape index (κ2) is 10.3. The molecule has 5 rings (SSSR count). The minimum atomic E-state index is -0.958. The molecular formula is C28H22Cl2N4OS. The molecule has 0 saturated heterocycles. The molecule has 0 aromatic heterocycles. The summed E-state index contributed by atoms with van der Waals surface area (Å²) in [5, 5.41) is 9.99. The first kappa shape index (κ1) is 24.3. The molecule has 0 saturated carbocycles. The lowest BCUT2D eigenvalue weighted by Crippen LogP contribution is -2.49. The van der Waals surface area contributed by atoms with E-state index in [4.69, 9.17) is 40.4 Å². The van der Waals surface area contributed by atoms with Crippen LogP contribution in [0.5, 0.6) is 0 Å². The minimum absolute atomic E-state index is 0.255. The number of likely N-dealkylation sites (N-methyl/N-ethyl adjacent to an activating group) is 1. The van der Waals surface area contributed by atoms with Crippen molar-refractivity contribution >= 4 is 68.6 Å². The predicted molar refractivity (Wildman–Crippen MR) is 152 cm³/mol. The van der Waals surface area contributed by atoms with Crippen LogP contribution in [0.4, 0.5) is 5.69 Å². The van der Waals surface area contributed by atoms with E-state index in [-0.39, 0.29) is 5.91 Å². The molecule has 1 aliphatic heterocycles. The van der Waals surface area contributed by atoms with Crippen LogP contribution in [0, 0.1) is 0 Å². The third kappa shape index (κ3) is 4.80. The number of nitrogens with zero attached hydrogens (tertiary/aromatic N) is 2. The summed E-state index contributed by atoms with van der Waals surface area (Å²) in [5.41, 5.74) is 3.76. The molecule has 180 valence electrons. The van der Waals surface area contributed by atoms with Gasteiger partial charge < -0.3 is 15.5 Å². The minimum Gasteiger partial charge on any atom is -0.359 e. The molecule has 1 unspecified atom stereocenters. The van der Waals surface area contributed by atoms with E-state index in [1.165, 1.54) is 0 Å². The molecule has 0 radical (unpaired) electrons. The maximum Gasteiger partial charge on any atom is 0.272 e. The van der Waals surface area contributed by atoms with Crippen molar-refractivity contribution in [3.05, 3.63) is 112 Å². The number of aliphatic imine (C=N–C) groups is 1. The van der Waals surface area contributed by atoms with Crippen molar-refractivity contribution in [1.82, 2.24) is 10.6 Å². The molecule has 2 N–H and O–H groups in total. The largest absolute Gasteiger partial charge is 0.359 e. The van der Waals surface area contributed by atoms with Crippen LogP contribution in [0.15, 0.2) is 89.9 Å². The van der Waals surface area contributed by atoms with E-state index in [1.807, 2.05) is 36.4 Å². The van der Waals surface area contributed by atoms with Crippen LogP contribution >= 0.6 is 35.4 Å². The highest BCUT2D eigenvalue weighted by molar-refractivity contribution is 7.80. The second-order valence-corrected chi connectivity index (χ2v) is 9.64. The van der Waals surface area contributed by atoms with Crippen molar-refractivity contribution in [2.45, 2.75) is 12.7 Å². The average Bonchev–Trinajstić information content (AvgIpc) is 2.98. The Hall–Kier alpha value is -3.45. The van der Waals surface area contributed by atoms with Gasteiger partial charge >= 0.3 is 0 Å². The van der Waals surface area contributed by atoms with E-state index in [9.17, 15) is 4.79 Å². The van der Waals surface area contributed by atoms with Crippen LogP contribution in [0.2, 0.25) is 10.0 Å². The number of benzene rings is 4. The predicted octanol–water partition coefficient (Wildman–Crippen LogP) is 5.95. The quantitative estimate of drug-likeness (QED) is 0.319. The number of benzodiazepines with no additional fused rings is 1. The smallest absolute Gasteiger partial charge is 0.272 e. The fraction of sp³-hybridized carbons (Fsp3) is 0.107. The molecule has 36 heavy (non-hydrogen) atoms. The first-order chi connectivity index (χ1) is 17.4. The van der Waals surface area contributed by atoms with Gasteiger partial charge in [0.05, 0.1) is 11.4 Å². The molecule has 8 heteroatoms. The van der Waals surface area contributed by atoms with Gasteiger partial charge in [-0.1, -0.05) is 83.9 Å². The molecule has 1 amide bonds. The van der Waals surface area contributed by atoms with Gasteiger partial charge in [0.2, 0.25) is 6.17 Å². The zero-order valence-corrected chi connectivity index (χ0v) is 21.7. The number of thiocarbonyl (C=S) groups is 1. The molecule has 5 nitrogen and oxygen atoms in total. The first-order valence-corrected chi connectivity index (χ1v) is 12.5. The van der Waals surface area contributed by atoms with Gasteiger partial charge in [-0.3, -0.25) is 4.79 Å². The Bertz CT molecular complexity index is 1520. The lowest BCUT2D eigenvalue weighted by Gasteiger charge is -2.22. The Morgan fingerprint density at radius 2 is 1.72 bits per heavy atom. The summed E-state index contributed by atoms with van der Waals surface area (Å²) in [6.45, 7) is 0.501. The number of carbonyl (C=O) groups excluding carboxylic acids is 1. The van der Waals surface area contributed by atoms with Crippen molar-refractivity contribution in [3.8, 4) is 0 Å². The number of rotatable bonds is 4. The maximum absolute atomic E-state index is 13.4. The van der Waals surface area contributed by atoms with Crippen molar-refractivity contribution in [3.63, 3.8) is 0 Å². The molecule has 0 aliphatic carbocycles. The maximum atomic E-state index is 13.4. The number of halogens is 2.